The van der Waals surface area contributed by atoms with E-state index in [9.17, 15) is 0 Å². The first-order valence-electron chi connectivity index (χ1n) is 26.3. The molecule has 0 amide bonds. The van der Waals surface area contributed by atoms with Crippen LogP contribution in [0.3, 0.4) is 0 Å². The van der Waals surface area contributed by atoms with Gasteiger partial charge < -0.3 is 9.80 Å². The summed E-state index contributed by atoms with van der Waals surface area (Å²) in [6.45, 7) is 9.65. The quantitative estimate of drug-likeness (QED) is 0.119. The van der Waals surface area contributed by atoms with Gasteiger partial charge in [0, 0.05) is 38.9 Å². The van der Waals surface area contributed by atoms with E-state index in [1.54, 1.807) is 0 Å². The summed E-state index contributed by atoms with van der Waals surface area (Å²) in [5.74, 6) is 0.270. The zero-order valence-electron chi connectivity index (χ0n) is 42.6. The molecule has 0 N–H and O–H groups in total. The molecule has 0 saturated heterocycles. The van der Waals surface area contributed by atoms with E-state index in [1.807, 2.05) is 0 Å². The topological polar surface area (TPSA) is 6.48 Å². The third kappa shape index (κ3) is 7.90. The van der Waals surface area contributed by atoms with E-state index in [1.165, 1.54) is 105 Å². The lowest BCUT2D eigenvalue weighted by Crippen LogP contribution is -2.24. The predicted molar refractivity (Wildman–Crippen MR) is 317 cm³/mol. The van der Waals surface area contributed by atoms with E-state index < -0.39 is 0 Å². The van der Waals surface area contributed by atoms with Gasteiger partial charge in [0.15, 0.2) is 0 Å². The molecule has 2 heteroatoms. The highest BCUT2D eigenvalue weighted by Gasteiger charge is 2.34. The van der Waals surface area contributed by atoms with Crippen molar-refractivity contribution in [3.8, 4) is 44.5 Å². The summed E-state index contributed by atoms with van der Waals surface area (Å²) < 4.78 is 0. The van der Waals surface area contributed by atoms with Crippen LogP contribution < -0.4 is 9.80 Å². The number of hydrogen-bond donors (Lipinski definition) is 0. The number of rotatable bonds is 11. The molecule has 0 aliphatic heterocycles. The van der Waals surface area contributed by atoms with Gasteiger partial charge in [-0.1, -0.05) is 210 Å². The van der Waals surface area contributed by atoms with Crippen molar-refractivity contribution in [1.29, 1.82) is 0 Å². The zero-order chi connectivity index (χ0) is 49.9. The fraction of sp³-hybridized carbons (Fsp3) is 0.111. The lowest BCUT2D eigenvalue weighted by atomic mass is 9.70. The molecule has 0 radical (unpaired) electrons. The highest BCUT2D eigenvalue weighted by Crippen LogP contribution is 2.55. The van der Waals surface area contributed by atoms with Gasteiger partial charge in [-0.15, -0.1) is 0 Å². The van der Waals surface area contributed by atoms with Crippen molar-refractivity contribution in [1.82, 2.24) is 0 Å². The van der Waals surface area contributed by atoms with Crippen molar-refractivity contribution < 1.29 is 0 Å². The molecule has 356 valence electrons. The van der Waals surface area contributed by atoms with Crippen LogP contribution in [0.1, 0.15) is 56.7 Å². The Hall–Kier alpha value is -8.72. The van der Waals surface area contributed by atoms with E-state index in [-0.39, 0.29) is 11.3 Å². The largest absolute Gasteiger partial charge is 0.310 e. The minimum Gasteiger partial charge on any atom is -0.310 e. The molecule has 1 aliphatic carbocycles. The third-order valence-electron chi connectivity index (χ3n) is 15.9. The van der Waals surface area contributed by atoms with Crippen molar-refractivity contribution in [3.05, 3.63) is 265 Å². The summed E-state index contributed by atoms with van der Waals surface area (Å²) >= 11 is 0. The Kier molecular flexibility index (Phi) is 11.2. The van der Waals surface area contributed by atoms with E-state index >= 15 is 0 Å². The maximum absolute atomic E-state index is 2.60. The fourth-order valence-corrected chi connectivity index (χ4v) is 11.9. The molecule has 12 aromatic carbocycles. The molecule has 0 bridgehead atoms. The minimum atomic E-state index is -0.0466. The van der Waals surface area contributed by atoms with Gasteiger partial charge in [-0.2, -0.15) is 0 Å². The molecule has 0 atom stereocenters. The molecule has 0 unspecified atom stereocenters. The lowest BCUT2D eigenvalue weighted by Gasteiger charge is -2.37. The highest BCUT2D eigenvalue weighted by atomic mass is 15.1. The number of hydrogen-bond acceptors (Lipinski definition) is 2. The summed E-state index contributed by atoms with van der Waals surface area (Å²) in [4.78, 5) is 5.05. The Labute approximate surface area is 435 Å². The van der Waals surface area contributed by atoms with Gasteiger partial charge in [-0.3, -0.25) is 0 Å². The van der Waals surface area contributed by atoms with Crippen LogP contribution >= 0.6 is 0 Å². The Bertz CT molecular complexity index is 3770. The summed E-state index contributed by atoms with van der Waals surface area (Å²) in [7, 11) is 0. The molecule has 13 rings (SSSR count). The average Bonchev–Trinajstić information content (AvgIpc) is 3.46. The van der Waals surface area contributed by atoms with Crippen molar-refractivity contribution in [2.75, 3.05) is 9.80 Å². The van der Waals surface area contributed by atoms with Gasteiger partial charge in [0.05, 0.1) is 11.4 Å². The molecular formula is C72H58N2. The van der Waals surface area contributed by atoms with Gasteiger partial charge in [-0.05, 0) is 168 Å². The van der Waals surface area contributed by atoms with E-state index in [0.29, 0.717) is 0 Å². The first-order valence-corrected chi connectivity index (χ1v) is 26.3. The molecule has 0 aromatic heterocycles. The van der Waals surface area contributed by atoms with Crippen LogP contribution in [0.2, 0.25) is 0 Å². The number of anilines is 6. The normalized spacial score (nSPS) is 13.0. The van der Waals surface area contributed by atoms with Gasteiger partial charge in [0.25, 0.3) is 0 Å². The number of nitrogens with zero attached hydrogens (tertiary/aromatic N) is 2. The first-order chi connectivity index (χ1) is 36.3. The second kappa shape index (κ2) is 18.4. The highest BCUT2D eigenvalue weighted by molar-refractivity contribution is 6.30. The van der Waals surface area contributed by atoms with Crippen molar-refractivity contribution in [2.24, 2.45) is 0 Å². The molecule has 74 heavy (non-hydrogen) atoms. The van der Waals surface area contributed by atoms with E-state index in [2.05, 4.69) is 286 Å². The first kappa shape index (κ1) is 45.2. The Balaban J connectivity index is 1.08. The lowest BCUT2D eigenvalue weighted by molar-refractivity contribution is 0.475. The molecule has 0 fully saturated rings. The van der Waals surface area contributed by atoms with Crippen LogP contribution in [0.25, 0.3) is 76.8 Å². The molecule has 0 heterocycles. The maximum Gasteiger partial charge on any atom is 0.0543 e. The smallest absolute Gasteiger partial charge is 0.0543 e. The fourth-order valence-electron chi connectivity index (χ4n) is 11.9. The molecule has 1 aliphatic rings. The standard InChI is InChI=1S/C72H58N2/c1-48(2)64-47-68(74(60-37-29-55(30-38-60)51-21-13-7-14-22-51)61-39-31-56(32-40-61)52-23-15-8-16-24-52)65-46-66-69-57(43-44-72(66,3)4)45-67(63-42-41-62(64)70(65)71(63)69)73(58-33-25-53(26-34-58)49-17-9-5-10-18-49)59-35-27-54(28-36-59)50-19-11-6-12-20-50/h5-42,45-48H,43-44H2,1-4H3. The van der Waals surface area contributed by atoms with Crippen LogP contribution in [-0.4, -0.2) is 0 Å². The molecule has 0 saturated carbocycles. The minimum absolute atomic E-state index is 0.0466. The summed E-state index contributed by atoms with van der Waals surface area (Å²) in [6, 6.07) is 92.2. The second-order valence-corrected chi connectivity index (χ2v) is 21.2. The van der Waals surface area contributed by atoms with Gasteiger partial charge >= 0.3 is 0 Å². The summed E-state index contributed by atoms with van der Waals surface area (Å²) in [5, 5.41) is 8.00. The molecule has 12 aromatic rings. The Morgan fingerprint density at radius 1 is 0.338 bits per heavy atom. The molecular weight excluding hydrogens is 893 g/mol. The average molecular weight is 951 g/mol. The van der Waals surface area contributed by atoms with Crippen LogP contribution in [0, 0.1) is 0 Å². The summed E-state index contributed by atoms with van der Waals surface area (Å²) in [5.41, 5.74) is 20.7. The van der Waals surface area contributed by atoms with Crippen LogP contribution in [-0.2, 0) is 11.8 Å². The summed E-state index contributed by atoms with van der Waals surface area (Å²) in [6.07, 6.45) is 2.07. The molecule has 2 nitrogen and oxygen atoms in total. The van der Waals surface area contributed by atoms with Crippen LogP contribution in [0.5, 0.6) is 0 Å². The van der Waals surface area contributed by atoms with E-state index in [4.69, 9.17) is 0 Å². The van der Waals surface area contributed by atoms with Crippen molar-refractivity contribution >= 4 is 66.4 Å². The monoisotopic (exact) mass is 950 g/mol. The maximum atomic E-state index is 2.60. The second-order valence-electron chi connectivity index (χ2n) is 21.2. The van der Waals surface area contributed by atoms with Crippen molar-refractivity contribution in [2.45, 2.75) is 51.9 Å². The SMILES string of the molecule is CC(C)c1cc(N(c2ccc(-c3ccccc3)cc2)c2ccc(-c3ccccc3)cc2)c2cc3c4c(cc(N(c5ccc(-c6ccccc6)cc5)c5ccc(-c6ccccc6)cc5)c5ccc1c2c54)CCC3(C)C. The van der Waals surface area contributed by atoms with Crippen LogP contribution in [0.15, 0.2) is 249 Å². The zero-order valence-corrected chi connectivity index (χ0v) is 42.6. The van der Waals surface area contributed by atoms with Crippen LogP contribution in [0.4, 0.5) is 34.1 Å². The van der Waals surface area contributed by atoms with Gasteiger partial charge in [0.2, 0.25) is 0 Å². The Morgan fingerprint density at radius 3 is 1.07 bits per heavy atom. The van der Waals surface area contributed by atoms with Gasteiger partial charge in [0.1, 0.15) is 0 Å². The third-order valence-corrected chi connectivity index (χ3v) is 15.9. The number of aryl methyl sites for hydroxylation is 1. The van der Waals surface area contributed by atoms with Gasteiger partial charge in [-0.25, -0.2) is 0 Å². The van der Waals surface area contributed by atoms with E-state index in [0.717, 1.165) is 35.6 Å². The molecule has 0 spiro atoms. The van der Waals surface area contributed by atoms with Crippen molar-refractivity contribution in [3.63, 3.8) is 0 Å². The predicted octanol–water partition coefficient (Wildman–Crippen LogP) is 20.5. The Morgan fingerprint density at radius 2 is 0.689 bits per heavy atom. The number of benzene rings is 12.